The summed E-state index contributed by atoms with van der Waals surface area (Å²) >= 11 is 0. The van der Waals surface area contributed by atoms with Crippen LogP contribution in [0.5, 0.6) is 0 Å². The second kappa shape index (κ2) is 7.41. The SMILES string of the molecule is C[N+]1([O-])CCC(NC(=O)c2[nH]ncc2NC(=O)c2c(F)cccc2F)CC1.[HH]. The maximum atomic E-state index is 13.7. The summed E-state index contributed by atoms with van der Waals surface area (Å²) in [5, 5.41) is 23.1. The molecule has 1 saturated heterocycles. The van der Waals surface area contributed by atoms with E-state index in [0.29, 0.717) is 25.9 Å². The molecule has 8 nitrogen and oxygen atoms in total. The van der Waals surface area contributed by atoms with Crippen LogP contribution in [0.25, 0.3) is 0 Å². The van der Waals surface area contributed by atoms with Crippen molar-refractivity contribution in [3.63, 3.8) is 0 Å². The number of hydroxylamine groups is 3. The van der Waals surface area contributed by atoms with Crippen LogP contribution in [0.3, 0.4) is 0 Å². The Hall–Kier alpha value is -2.85. The highest BCUT2D eigenvalue weighted by Gasteiger charge is 2.27. The number of H-pyrrole nitrogens is 1. The molecule has 1 aliphatic rings. The Morgan fingerprint density at radius 1 is 1.26 bits per heavy atom. The number of aromatic nitrogens is 2. The number of carbonyl (C=O) groups is 2. The second-order valence-electron chi connectivity index (χ2n) is 6.70. The molecule has 0 saturated carbocycles. The number of piperidine rings is 1. The van der Waals surface area contributed by atoms with Gasteiger partial charge in [0.2, 0.25) is 0 Å². The Morgan fingerprint density at radius 2 is 1.89 bits per heavy atom. The molecule has 2 heterocycles. The quantitative estimate of drug-likeness (QED) is 0.556. The molecule has 0 radical (unpaired) electrons. The van der Waals surface area contributed by atoms with E-state index in [-0.39, 0.29) is 23.5 Å². The predicted molar refractivity (Wildman–Crippen MR) is 94.8 cm³/mol. The number of benzene rings is 1. The third-order valence-corrected chi connectivity index (χ3v) is 4.54. The van der Waals surface area contributed by atoms with E-state index in [1.54, 1.807) is 7.05 Å². The second-order valence-corrected chi connectivity index (χ2v) is 6.70. The van der Waals surface area contributed by atoms with Gasteiger partial charge in [-0.3, -0.25) is 14.7 Å². The molecule has 2 amide bonds. The largest absolute Gasteiger partial charge is 0.633 e. The highest BCUT2D eigenvalue weighted by atomic mass is 19.1. The number of quaternary nitrogens is 1. The molecule has 146 valence electrons. The van der Waals surface area contributed by atoms with E-state index in [0.717, 1.165) is 18.2 Å². The van der Waals surface area contributed by atoms with Crippen molar-refractivity contribution in [1.29, 1.82) is 0 Å². The number of halogens is 2. The van der Waals surface area contributed by atoms with Gasteiger partial charge < -0.3 is 20.5 Å². The van der Waals surface area contributed by atoms with Crippen LogP contribution in [0, 0.1) is 16.8 Å². The van der Waals surface area contributed by atoms with Crippen molar-refractivity contribution in [2.24, 2.45) is 0 Å². The number of rotatable bonds is 4. The molecular formula is C17H21F2N5O3. The van der Waals surface area contributed by atoms with Gasteiger partial charge in [-0.1, -0.05) is 6.07 Å². The van der Waals surface area contributed by atoms with Gasteiger partial charge in [-0.15, -0.1) is 0 Å². The smallest absolute Gasteiger partial charge is 0.271 e. The lowest BCUT2D eigenvalue weighted by Gasteiger charge is -2.44. The number of nitrogens with one attached hydrogen (secondary N) is 3. The van der Waals surface area contributed by atoms with E-state index in [9.17, 15) is 23.6 Å². The molecule has 1 aromatic carbocycles. The highest BCUT2D eigenvalue weighted by Crippen LogP contribution is 2.19. The minimum atomic E-state index is -1.03. The number of nitrogens with zero attached hydrogens (tertiary/aromatic N) is 2. The van der Waals surface area contributed by atoms with Crippen LogP contribution >= 0.6 is 0 Å². The van der Waals surface area contributed by atoms with Crippen molar-refractivity contribution in [3.05, 3.63) is 52.5 Å². The van der Waals surface area contributed by atoms with E-state index in [2.05, 4.69) is 20.8 Å². The number of anilines is 1. The van der Waals surface area contributed by atoms with Gasteiger partial charge in [0.1, 0.15) is 22.9 Å². The van der Waals surface area contributed by atoms with Crippen molar-refractivity contribution in [2.45, 2.75) is 18.9 Å². The summed E-state index contributed by atoms with van der Waals surface area (Å²) in [6.07, 6.45) is 2.24. The number of hydrogen-bond donors (Lipinski definition) is 3. The number of hydrogen-bond acceptors (Lipinski definition) is 4. The van der Waals surface area contributed by atoms with E-state index >= 15 is 0 Å². The number of carbonyl (C=O) groups excluding carboxylic acids is 2. The molecular weight excluding hydrogens is 360 g/mol. The minimum absolute atomic E-state index is 0. The van der Waals surface area contributed by atoms with Crippen molar-refractivity contribution in [1.82, 2.24) is 15.5 Å². The first-order valence-electron chi connectivity index (χ1n) is 8.42. The van der Waals surface area contributed by atoms with Crippen molar-refractivity contribution >= 4 is 17.5 Å². The summed E-state index contributed by atoms with van der Waals surface area (Å²) in [6.45, 7) is 0.786. The summed E-state index contributed by atoms with van der Waals surface area (Å²) in [4.78, 5) is 24.6. The fourth-order valence-electron chi connectivity index (χ4n) is 2.97. The molecule has 0 aliphatic carbocycles. The first-order chi connectivity index (χ1) is 12.8. The molecule has 3 N–H and O–H groups in total. The van der Waals surface area contributed by atoms with E-state index < -0.39 is 29.0 Å². The van der Waals surface area contributed by atoms with Crippen molar-refractivity contribution < 1.29 is 24.4 Å². The molecule has 1 aliphatic heterocycles. The minimum Gasteiger partial charge on any atom is -0.633 e. The van der Waals surface area contributed by atoms with Crippen LogP contribution in [0.1, 0.15) is 35.1 Å². The van der Waals surface area contributed by atoms with E-state index in [1.165, 1.54) is 6.20 Å². The van der Waals surface area contributed by atoms with E-state index in [1.807, 2.05) is 0 Å². The van der Waals surface area contributed by atoms with Gasteiger partial charge in [0.05, 0.1) is 32.0 Å². The Bertz CT molecular complexity index is 844. The van der Waals surface area contributed by atoms with Gasteiger partial charge in [0.15, 0.2) is 0 Å². The molecule has 0 unspecified atom stereocenters. The van der Waals surface area contributed by atoms with Gasteiger partial charge in [-0.05, 0) is 12.1 Å². The fraction of sp³-hybridized carbons (Fsp3) is 0.353. The first-order valence-corrected chi connectivity index (χ1v) is 8.42. The van der Waals surface area contributed by atoms with Crippen molar-refractivity contribution in [3.8, 4) is 0 Å². The fourth-order valence-corrected chi connectivity index (χ4v) is 2.97. The summed E-state index contributed by atoms with van der Waals surface area (Å²) in [5.41, 5.74) is -0.782. The standard InChI is InChI=1S/C17H19F2N5O3.H2/c1-24(27)7-5-10(6-8-24)21-17(26)15-13(9-20-23-15)22-16(25)14-11(18)3-2-4-12(14)19;/h2-4,9-10H,5-8H2,1H3,(H,20,23)(H,21,26)(H,22,25);1H. The molecule has 3 rings (SSSR count). The highest BCUT2D eigenvalue weighted by molar-refractivity contribution is 6.08. The lowest BCUT2D eigenvalue weighted by atomic mass is 10.0. The molecule has 27 heavy (non-hydrogen) atoms. The van der Waals surface area contributed by atoms with Crippen LogP contribution in [-0.2, 0) is 0 Å². The number of likely N-dealkylation sites (tertiary alicyclic amines) is 1. The predicted octanol–water partition coefficient (Wildman–Crippen LogP) is 2.02. The van der Waals surface area contributed by atoms with Gasteiger partial charge in [0, 0.05) is 20.3 Å². The zero-order valence-corrected chi connectivity index (χ0v) is 14.6. The maximum Gasteiger partial charge on any atom is 0.271 e. The molecule has 0 atom stereocenters. The summed E-state index contributed by atoms with van der Waals surface area (Å²) in [7, 11) is 1.59. The number of amides is 2. The molecule has 1 aromatic heterocycles. The van der Waals surface area contributed by atoms with Crippen LogP contribution in [0.15, 0.2) is 24.4 Å². The Balaban J connectivity index is 0.00000280. The first kappa shape index (κ1) is 18.9. The van der Waals surface area contributed by atoms with Gasteiger partial charge in [0.25, 0.3) is 11.8 Å². The third-order valence-electron chi connectivity index (χ3n) is 4.54. The normalized spacial score (nSPS) is 22.3. The molecule has 0 spiro atoms. The van der Waals surface area contributed by atoms with Crippen LogP contribution in [0.4, 0.5) is 14.5 Å². The zero-order chi connectivity index (χ0) is 19.6. The van der Waals surface area contributed by atoms with E-state index in [4.69, 9.17) is 0 Å². The summed E-state index contributed by atoms with van der Waals surface area (Å²) in [5.74, 6) is -3.58. The van der Waals surface area contributed by atoms with Crippen LogP contribution < -0.4 is 10.6 Å². The van der Waals surface area contributed by atoms with Crippen LogP contribution in [-0.4, -0.2) is 52.8 Å². The van der Waals surface area contributed by atoms with Crippen molar-refractivity contribution in [2.75, 3.05) is 25.5 Å². The monoisotopic (exact) mass is 381 g/mol. The zero-order valence-electron chi connectivity index (χ0n) is 14.6. The lowest BCUT2D eigenvalue weighted by molar-refractivity contribution is -0.866. The van der Waals surface area contributed by atoms with Gasteiger partial charge in [-0.2, -0.15) is 5.10 Å². The molecule has 10 heteroatoms. The Morgan fingerprint density at radius 3 is 2.52 bits per heavy atom. The van der Waals surface area contributed by atoms with Crippen LogP contribution in [0.2, 0.25) is 0 Å². The topological polar surface area (TPSA) is 110 Å². The third kappa shape index (κ3) is 4.29. The number of aromatic amines is 1. The molecule has 2 aromatic rings. The van der Waals surface area contributed by atoms with Gasteiger partial charge in [-0.25, -0.2) is 8.78 Å². The maximum absolute atomic E-state index is 13.7. The average molecular weight is 381 g/mol. The summed E-state index contributed by atoms with van der Waals surface area (Å²) in [6, 6.07) is 2.90. The molecule has 0 bridgehead atoms. The van der Waals surface area contributed by atoms with Gasteiger partial charge >= 0.3 is 0 Å². The lowest BCUT2D eigenvalue weighted by Crippen LogP contribution is -2.50. The Labute approximate surface area is 155 Å². The summed E-state index contributed by atoms with van der Waals surface area (Å²) < 4.78 is 27.1. The molecule has 1 fully saturated rings. The average Bonchev–Trinajstić information content (AvgIpc) is 3.05. The Kier molecular flexibility index (Phi) is 5.19.